The van der Waals surface area contributed by atoms with Gasteiger partial charge in [-0.15, -0.1) is 0 Å². The third kappa shape index (κ3) is 2.75. The van der Waals surface area contributed by atoms with Crippen LogP contribution in [0.15, 0.2) is 66.9 Å². The van der Waals surface area contributed by atoms with Gasteiger partial charge in [0.05, 0.1) is 11.9 Å². The zero-order chi connectivity index (χ0) is 16.4. The van der Waals surface area contributed by atoms with Crippen molar-refractivity contribution < 1.29 is 0 Å². The van der Waals surface area contributed by atoms with Gasteiger partial charge in [-0.25, -0.2) is 14.6 Å². The summed E-state index contributed by atoms with van der Waals surface area (Å²) in [4.78, 5) is 8.86. The third-order valence-electron chi connectivity index (χ3n) is 3.65. The number of aromatic nitrogens is 4. The molecule has 4 aromatic rings. The summed E-state index contributed by atoms with van der Waals surface area (Å²) in [5.41, 5.74) is 9.42. The van der Waals surface area contributed by atoms with E-state index in [0.29, 0.717) is 17.2 Å². The molecular formula is C19H15N5. The maximum Gasteiger partial charge on any atom is 0.156 e. The van der Waals surface area contributed by atoms with Gasteiger partial charge >= 0.3 is 0 Å². The molecule has 0 aliphatic carbocycles. The van der Waals surface area contributed by atoms with E-state index in [1.54, 1.807) is 4.68 Å². The van der Waals surface area contributed by atoms with Gasteiger partial charge in [-0.1, -0.05) is 54.6 Å². The maximum atomic E-state index is 6.06. The van der Waals surface area contributed by atoms with E-state index in [1.807, 2.05) is 79.0 Å². The Balaban J connectivity index is 1.73. The molecule has 2 heterocycles. The average Bonchev–Trinajstić information content (AvgIpc) is 3.06. The van der Waals surface area contributed by atoms with Crippen LogP contribution in [-0.2, 0) is 0 Å². The van der Waals surface area contributed by atoms with Crippen LogP contribution >= 0.6 is 0 Å². The fraction of sp³-hybridized carbons (Fsp3) is 0. The highest BCUT2D eigenvalue weighted by molar-refractivity contribution is 5.85. The number of hydrogen-bond donors (Lipinski definition) is 1. The lowest BCUT2D eigenvalue weighted by Gasteiger charge is -1.98. The van der Waals surface area contributed by atoms with Gasteiger partial charge in [0.1, 0.15) is 5.52 Å². The molecule has 2 aromatic heterocycles. The Morgan fingerprint density at radius 1 is 0.833 bits per heavy atom. The lowest BCUT2D eigenvalue weighted by molar-refractivity contribution is 0.896. The second-order valence-electron chi connectivity index (χ2n) is 5.35. The van der Waals surface area contributed by atoms with Crippen molar-refractivity contribution in [2.75, 3.05) is 5.73 Å². The van der Waals surface area contributed by atoms with Crippen molar-refractivity contribution >= 4 is 29.0 Å². The summed E-state index contributed by atoms with van der Waals surface area (Å²) in [6.07, 6.45) is 5.68. The molecule has 24 heavy (non-hydrogen) atoms. The Kier molecular flexibility index (Phi) is 3.51. The number of benzene rings is 2. The van der Waals surface area contributed by atoms with Crippen molar-refractivity contribution in [2.45, 2.75) is 0 Å². The van der Waals surface area contributed by atoms with Gasteiger partial charge in [-0.2, -0.15) is 5.10 Å². The Morgan fingerprint density at radius 2 is 1.54 bits per heavy atom. The molecule has 5 heteroatoms. The van der Waals surface area contributed by atoms with Crippen molar-refractivity contribution in [3.8, 4) is 5.69 Å². The topological polar surface area (TPSA) is 69.6 Å². The molecule has 0 amide bonds. The molecule has 0 spiro atoms. The maximum absolute atomic E-state index is 6.06. The largest absolute Gasteiger partial charge is 0.382 e. The molecule has 2 aromatic carbocycles. The van der Waals surface area contributed by atoms with Gasteiger partial charge in [-0.3, -0.25) is 0 Å². The van der Waals surface area contributed by atoms with E-state index in [9.17, 15) is 0 Å². The fourth-order valence-corrected chi connectivity index (χ4v) is 2.48. The number of nitrogen functional groups attached to an aromatic ring is 1. The van der Waals surface area contributed by atoms with Crippen LogP contribution in [0.2, 0.25) is 0 Å². The predicted molar refractivity (Wildman–Crippen MR) is 96.4 cm³/mol. The van der Waals surface area contributed by atoms with E-state index in [-0.39, 0.29) is 0 Å². The second-order valence-corrected chi connectivity index (χ2v) is 5.35. The molecule has 0 fully saturated rings. The average molecular weight is 313 g/mol. The predicted octanol–water partition coefficient (Wildman–Crippen LogP) is 3.57. The highest BCUT2D eigenvalue weighted by Crippen LogP contribution is 2.19. The van der Waals surface area contributed by atoms with Crippen molar-refractivity contribution in [3.63, 3.8) is 0 Å². The van der Waals surface area contributed by atoms with Crippen LogP contribution < -0.4 is 5.73 Å². The number of rotatable bonds is 3. The summed E-state index contributed by atoms with van der Waals surface area (Å²) in [7, 11) is 0. The van der Waals surface area contributed by atoms with E-state index >= 15 is 0 Å². The summed E-state index contributed by atoms with van der Waals surface area (Å²) in [6, 6.07) is 19.8. The third-order valence-corrected chi connectivity index (χ3v) is 3.65. The van der Waals surface area contributed by atoms with Crippen molar-refractivity contribution in [2.24, 2.45) is 0 Å². The minimum Gasteiger partial charge on any atom is -0.382 e. The normalized spacial score (nSPS) is 11.3. The second kappa shape index (κ2) is 5.96. The van der Waals surface area contributed by atoms with Crippen LogP contribution in [0.25, 0.3) is 28.9 Å². The first-order valence-electron chi connectivity index (χ1n) is 7.61. The minimum absolute atomic E-state index is 0.377. The summed E-state index contributed by atoms with van der Waals surface area (Å²) < 4.78 is 1.76. The molecule has 0 unspecified atom stereocenters. The van der Waals surface area contributed by atoms with Crippen molar-refractivity contribution in [1.29, 1.82) is 0 Å². The van der Waals surface area contributed by atoms with E-state index in [0.717, 1.165) is 16.8 Å². The summed E-state index contributed by atoms with van der Waals surface area (Å²) in [5, 5.41) is 4.48. The fourth-order valence-electron chi connectivity index (χ4n) is 2.48. The SMILES string of the molecule is Nc1nc(/C=C/c2ccccc2)nc2cn(-c3ccccc3)nc12. The molecule has 0 atom stereocenters. The molecule has 0 saturated heterocycles. The first-order valence-corrected chi connectivity index (χ1v) is 7.61. The number of anilines is 1. The summed E-state index contributed by atoms with van der Waals surface area (Å²) in [5.74, 6) is 0.943. The smallest absolute Gasteiger partial charge is 0.156 e. The van der Waals surface area contributed by atoms with Gasteiger partial charge in [-0.05, 0) is 23.8 Å². The van der Waals surface area contributed by atoms with Crippen LogP contribution in [-0.4, -0.2) is 19.7 Å². The Morgan fingerprint density at radius 3 is 2.29 bits per heavy atom. The summed E-state index contributed by atoms with van der Waals surface area (Å²) >= 11 is 0. The highest BCUT2D eigenvalue weighted by atomic mass is 15.3. The van der Waals surface area contributed by atoms with Gasteiger partial charge < -0.3 is 5.73 Å². The first-order chi connectivity index (χ1) is 11.8. The van der Waals surface area contributed by atoms with Gasteiger partial charge in [0, 0.05) is 0 Å². The zero-order valence-corrected chi connectivity index (χ0v) is 12.9. The molecule has 2 N–H and O–H groups in total. The molecule has 116 valence electrons. The molecule has 0 aliphatic rings. The van der Waals surface area contributed by atoms with Crippen LogP contribution in [0, 0.1) is 0 Å². The number of nitrogens with two attached hydrogens (primary N) is 1. The van der Waals surface area contributed by atoms with E-state index in [1.165, 1.54) is 0 Å². The molecule has 0 bridgehead atoms. The molecule has 0 saturated carbocycles. The highest BCUT2D eigenvalue weighted by Gasteiger charge is 2.09. The monoisotopic (exact) mass is 313 g/mol. The zero-order valence-electron chi connectivity index (χ0n) is 12.9. The number of para-hydroxylation sites is 1. The van der Waals surface area contributed by atoms with Gasteiger partial charge in [0.2, 0.25) is 0 Å². The lowest BCUT2D eigenvalue weighted by Crippen LogP contribution is -1.97. The Bertz CT molecular complexity index is 1000. The minimum atomic E-state index is 0.377. The lowest BCUT2D eigenvalue weighted by atomic mass is 10.2. The van der Waals surface area contributed by atoms with Crippen LogP contribution in [0.3, 0.4) is 0 Å². The van der Waals surface area contributed by atoms with E-state index in [4.69, 9.17) is 5.73 Å². The number of hydrogen-bond acceptors (Lipinski definition) is 4. The van der Waals surface area contributed by atoms with Crippen LogP contribution in [0.4, 0.5) is 5.82 Å². The first kappa shape index (κ1) is 14.1. The number of nitrogens with zero attached hydrogens (tertiary/aromatic N) is 4. The Hall–Kier alpha value is -3.47. The van der Waals surface area contributed by atoms with Crippen LogP contribution in [0.1, 0.15) is 11.4 Å². The Labute approximate surface area is 139 Å². The van der Waals surface area contributed by atoms with E-state index in [2.05, 4.69) is 15.1 Å². The molecular weight excluding hydrogens is 298 g/mol. The standard InChI is InChI=1S/C19H15N5/c20-19-18-16(13-24(23-18)15-9-5-2-6-10-15)21-17(22-19)12-11-14-7-3-1-4-8-14/h1-13H,(H2,20,21,22)/b12-11+. The van der Waals surface area contributed by atoms with Gasteiger partial charge in [0.15, 0.2) is 17.2 Å². The van der Waals surface area contributed by atoms with Gasteiger partial charge in [0.25, 0.3) is 0 Å². The molecule has 5 nitrogen and oxygen atoms in total. The molecule has 0 aliphatic heterocycles. The molecule has 0 radical (unpaired) electrons. The van der Waals surface area contributed by atoms with Crippen LogP contribution in [0.5, 0.6) is 0 Å². The number of fused-ring (bicyclic) bond motifs is 1. The van der Waals surface area contributed by atoms with E-state index < -0.39 is 0 Å². The summed E-state index contributed by atoms with van der Waals surface area (Å²) in [6.45, 7) is 0. The quantitative estimate of drug-likeness (QED) is 0.628. The molecule has 4 rings (SSSR count). The van der Waals surface area contributed by atoms with Crippen molar-refractivity contribution in [1.82, 2.24) is 19.7 Å². The van der Waals surface area contributed by atoms with Crippen molar-refractivity contribution in [3.05, 3.63) is 78.2 Å².